The van der Waals surface area contributed by atoms with Crippen LogP contribution in [0, 0.1) is 0 Å². The maximum atomic E-state index is 9.74. The standard InChI is InChI=1S/C16H35N3O/c1-5-16(14-20,17-15-8-9-15)10-6-12-19(4)13-7-11-18(2)3/h15,17,20H,5-14H2,1-4H3. The van der Waals surface area contributed by atoms with Crippen LogP contribution in [0.1, 0.15) is 45.4 Å². The van der Waals surface area contributed by atoms with E-state index < -0.39 is 0 Å². The molecule has 2 N–H and O–H groups in total. The minimum Gasteiger partial charge on any atom is -0.394 e. The minimum atomic E-state index is -0.0361. The van der Waals surface area contributed by atoms with E-state index in [1.165, 1.54) is 19.3 Å². The number of nitrogens with zero attached hydrogens (tertiary/aromatic N) is 2. The summed E-state index contributed by atoms with van der Waals surface area (Å²) in [6.07, 6.45) is 7.05. The summed E-state index contributed by atoms with van der Waals surface area (Å²) in [5.41, 5.74) is -0.0361. The number of aliphatic hydroxyl groups excluding tert-OH is 1. The molecule has 0 aromatic heterocycles. The van der Waals surface area contributed by atoms with Crippen molar-refractivity contribution in [1.29, 1.82) is 0 Å². The summed E-state index contributed by atoms with van der Waals surface area (Å²) < 4.78 is 0. The summed E-state index contributed by atoms with van der Waals surface area (Å²) in [4.78, 5) is 4.65. The molecule has 4 nitrogen and oxygen atoms in total. The van der Waals surface area contributed by atoms with Gasteiger partial charge in [0.25, 0.3) is 0 Å². The fraction of sp³-hybridized carbons (Fsp3) is 1.00. The molecule has 1 aliphatic carbocycles. The molecule has 1 atom stereocenters. The normalized spacial score (nSPS) is 18.8. The van der Waals surface area contributed by atoms with Gasteiger partial charge in [0.2, 0.25) is 0 Å². The lowest BCUT2D eigenvalue weighted by Gasteiger charge is -2.33. The van der Waals surface area contributed by atoms with Crippen molar-refractivity contribution in [3.8, 4) is 0 Å². The fourth-order valence-corrected chi connectivity index (χ4v) is 2.70. The van der Waals surface area contributed by atoms with Crippen LogP contribution < -0.4 is 5.32 Å². The summed E-state index contributed by atoms with van der Waals surface area (Å²) in [6, 6.07) is 0.667. The van der Waals surface area contributed by atoms with Crippen LogP contribution in [0.3, 0.4) is 0 Å². The highest BCUT2D eigenvalue weighted by Crippen LogP contribution is 2.26. The molecule has 0 spiro atoms. The van der Waals surface area contributed by atoms with Crippen molar-refractivity contribution in [2.75, 3.05) is 47.4 Å². The van der Waals surface area contributed by atoms with E-state index in [1.807, 2.05) is 0 Å². The molecule has 0 bridgehead atoms. The second kappa shape index (κ2) is 8.98. The molecule has 0 saturated heterocycles. The van der Waals surface area contributed by atoms with Crippen molar-refractivity contribution in [1.82, 2.24) is 15.1 Å². The van der Waals surface area contributed by atoms with Gasteiger partial charge in [-0.3, -0.25) is 0 Å². The number of hydrogen-bond donors (Lipinski definition) is 2. The first-order valence-electron chi connectivity index (χ1n) is 8.23. The van der Waals surface area contributed by atoms with Gasteiger partial charge in [-0.1, -0.05) is 6.92 Å². The molecule has 0 amide bonds. The van der Waals surface area contributed by atoms with E-state index in [0.717, 1.165) is 38.9 Å². The zero-order chi connectivity index (χ0) is 15.0. The summed E-state index contributed by atoms with van der Waals surface area (Å²) in [5, 5.41) is 13.4. The van der Waals surface area contributed by atoms with Crippen LogP contribution in [0.4, 0.5) is 0 Å². The molecule has 1 aliphatic rings. The Bertz CT molecular complexity index is 250. The Morgan fingerprint density at radius 1 is 1.10 bits per heavy atom. The van der Waals surface area contributed by atoms with E-state index in [-0.39, 0.29) is 12.1 Å². The molecule has 1 rings (SSSR count). The molecular formula is C16H35N3O. The Morgan fingerprint density at radius 3 is 2.25 bits per heavy atom. The predicted octanol–water partition coefficient (Wildman–Crippen LogP) is 1.54. The first-order valence-corrected chi connectivity index (χ1v) is 8.23. The van der Waals surface area contributed by atoms with E-state index >= 15 is 0 Å². The highest BCUT2D eigenvalue weighted by Gasteiger charge is 2.33. The third-order valence-corrected chi connectivity index (χ3v) is 4.41. The molecule has 0 aromatic rings. The third kappa shape index (κ3) is 7.02. The largest absolute Gasteiger partial charge is 0.394 e. The van der Waals surface area contributed by atoms with Crippen LogP contribution in [0.25, 0.3) is 0 Å². The lowest BCUT2D eigenvalue weighted by molar-refractivity contribution is 0.138. The fourth-order valence-electron chi connectivity index (χ4n) is 2.70. The second-order valence-electron chi connectivity index (χ2n) is 6.77. The van der Waals surface area contributed by atoms with Gasteiger partial charge >= 0.3 is 0 Å². The van der Waals surface area contributed by atoms with Crippen LogP contribution in [0.5, 0.6) is 0 Å². The number of nitrogens with one attached hydrogen (secondary N) is 1. The van der Waals surface area contributed by atoms with Crippen LogP contribution in [-0.4, -0.2) is 73.9 Å². The lowest BCUT2D eigenvalue weighted by Crippen LogP contribution is -2.49. The van der Waals surface area contributed by atoms with Crippen LogP contribution in [-0.2, 0) is 0 Å². The molecule has 0 radical (unpaired) electrons. The van der Waals surface area contributed by atoms with Gasteiger partial charge < -0.3 is 20.2 Å². The van der Waals surface area contributed by atoms with Crippen LogP contribution in [0.15, 0.2) is 0 Å². The SMILES string of the molecule is CCC(CO)(CCCN(C)CCCN(C)C)NC1CC1. The smallest absolute Gasteiger partial charge is 0.0613 e. The summed E-state index contributed by atoms with van der Waals surface area (Å²) in [7, 11) is 6.46. The molecule has 0 aliphatic heterocycles. The van der Waals surface area contributed by atoms with Gasteiger partial charge in [0, 0.05) is 11.6 Å². The molecule has 20 heavy (non-hydrogen) atoms. The molecule has 0 aromatic carbocycles. The van der Waals surface area contributed by atoms with E-state index in [9.17, 15) is 5.11 Å². The molecule has 1 fully saturated rings. The van der Waals surface area contributed by atoms with Gasteiger partial charge in [0.15, 0.2) is 0 Å². The Kier molecular flexibility index (Phi) is 8.03. The Labute approximate surface area is 125 Å². The van der Waals surface area contributed by atoms with Gasteiger partial charge in [0.1, 0.15) is 0 Å². The maximum absolute atomic E-state index is 9.74. The topological polar surface area (TPSA) is 38.7 Å². The van der Waals surface area contributed by atoms with Crippen molar-refractivity contribution in [3.63, 3.8) is 0 Å². The highest BCUT2D eigenvalue weighted by molar-refractivity contribution is 4.94. The predicted molar refractivity (Wildman–Crippen MR) is 86.2 cm³/mol. The molecule has 4 heteroatoms. The molecule has 120 valence electrons. The van der Waals surface area contributed by atoms with E-state index in [2.05, 4.69) is 43.2 Å². The van der Waals surface area contributed by atoms with Gasteiger partial charge in [-0.15, -0.1) is 0 Å². The van der Waals surface area contributed by atoms with E-state index in [1.54, 1.807) is 0 Å². The Morgan fingerprint density at radius 2 is 1.75 bits per heavy atom. The third-order valence-electron chi connectivity index (χ3n) is 4.41. The molecular weight excluding hydrogens is 250 g/mol. The number of rotatable bonds is 12. The zero-order valence-corrected chi connectivity index (χ0v) is 14.0. The minimum absolute atomic E-state index is 0.0361. The average Bonchev–Trinajstić information content (AvgIpc) is 3.21. The van der Waals surface area contributed by atoms with Crippen molar-refractivity contribution < 1.29 is 5.11 Å². The number of aliphatic hydroxyl groups is 1. The van der Waals surface area contributed by atoms with Crippen LogP contribution >= 0.6 is 0 Å². The van der Waals surface area contributed by atoms with Gasteiger partial charge in [0.05, 0.1) is 6.61 Å². The van der Waals surface area contributed by atoms with Crippen molar-refractivity contribution in [2.45, 2.75) is 57.0 Å². The second-order valence-corrected chi connectivity index (χ2v) is 6.77. The van der Waals surface area contributed by atoms with Gasteiger partial charge in [-0.05, 0) is 79.3 Å². The van der Waals surface area contributed by atoms with Crippen molar-refractivity contribution >= 4 is 0 Å². The first-order chi connectivity index (χ1) is 9.51. The van der Waals surface area contributed by atoms with Crippen LogP contribution in [0.2, 0.25) is 0 Å². The highest BCUT2D eigenvalue weighted by atomic mass is 16.3. The van der Waals surface area contributed by atoms with Crippen molar-refractivity contribution in [2.24, 2.45) is 0 Å². The summed E-state index contributed by atoms with van der Waals surface area (Å²) in [5.74, 6) is 0. The molecule has 1 saturated carbocycles. The van der Waals surface area contributed by atoms with Crippen molar-refractivity contribution in [3.05, 3.63) is 0 Å². The Balaban J connectivity index is 2.18. The van der Waals surface area contributed by atoms with E-state index in [0.29, 0.717) is 6.04 Å². The van der Waals surface area contributed by atoms with E-state index in [4.69, 9.17) is 0 Å². The summed E-state index contributed by atoms with van der Waals surface area (Å²) in [6.45, 7) is 5.90. The Hall–Kier alpha value is -0.160. The average molecular weight is 285 g/mol. The van der Waals surface area contributed by atoms with Gasteiger partial charge in [-0.25, -0.2) is 0 Å². The van der Waals surface area contributed by atoms with Gasteiger partial charge in [-0.2, -0.15) is 0 Å². The zero-order valence-electron chi connectivity index (χ0n) is 14.0. The molecule has 0 heterocycles. The lowest BCUT2D eigenvalue weighted by atomic mass is 9.91. The molecule has 1 unspecified atom stereocenters. The number of hydrogen-bond acceptors (Lipinski definition) is 4. The monoisotopic (exact) mass is 285 g/mol. The quantitative estimate of drug-likeness (QED) is 0.570. The summed E-state index contributed by atoms with van der Waals surface area (Å²) >= 11 is 0. The maximum Gasteiger partial charge on any atom is 0.0613 e. The first kappa shape index (κ1) is 17.9.